The zero-order chi connectivity index (χ0) is 14.5. The van der Waals surface area contributed by atoms with Gasteiger partial charge in [-0.2, -0.15) is 0 Å². The Kier molecular flexibility index (Phi) is 5.50. The number of aromatic nitrogens is 1. The Balaban J connectivity index is 0.00000176. The highest BCUT2D eigenvalue weighted by atomic mass is 35.5. The maximum Gasteiger partial charge on any atom is 0.247 e. The molecule has 1 heterocycles. The van der Waals surface area contributed by atoms with E-state index in [0.717, 1.165) is 17.0 Å². The summed E-state index contributed by atoms with van der Waals surface area (Å²) in [6, 6.07) is 20.4. The molecule has 0 saturated heterocycles. The van der Waals surface area contributed by atoms with Gasteiger partial charge in [0.1, 0.15) is 5.69 Å². The Hall–Kier alpha value is -2.39. The molecule has 1 aromatic heterocycles. The van der Waals surface area contributed by atoms with E-state index < -0.39 is 0 Å². The summed E-state index contributed by atoms with van der Waals surface area (Å²) >= 11 is 0. The van der Waals surface area contributed by atoms with Gasteiger partial charge in [-0.15, -0.1) is 0 Å². The standard InChI is InChI=1S/C18H16N2O.ClH/c1-14(18-11-4-5-12-19-18)20-21-13-16-9-6-8-15-7-2-3-10-17(15)16;/h2-12H,13H2,1H3;1H. The fourth-order valence-corrected chi connectivity index (χ4v) is 2.28. The number of pyridine rings is 1. The van der Waals surface area contributed by atoms with Crippen molar-refractivity contribution in [3.63, 3.8) is 0 Å². The first kappa shape index (κ1) is 16.0. The molecule has 0 aliphatic carbocycles. The maximum absolute atomic E-state index is 5.62. The molecule has 0 unspecified atom stereocenters. The van der Waals surface area contributed by atoms with Crippen LogP contribution in [0.25, 0.3) is 10.8 Å². The summed E-state index contributed by atoms with van der Waals surface area (Å²) in [6.45, 7) is 2.46. The molecule has 1 N–H and O–H groups in total. The van der Waals surface area contributed by atoms with E-state index in [9.17, 15) is 0 Å². The Bertz CT molecular complexity index is 767. The Morgan fingerprint density at radius 3 is 2.59 bits per heavy atom. The van der Waals surface area contributed by atoms with Crippen LogP contribution in [0.2, 0.25) is 0 Å². The predicted octanol–water partition coefficient (Wildman–Crippen LogP) is -0.740. The minimum absolute atomic E-state index is 0. The molecule has 112 valence electrons. The largest absolute Gasteiger partial charge is 1.00 e. The number of fused-ring (bicyclic) bond motifs is 1. The third-order valence-corrected chi connectivity index (χ3v) is 3.38. The molecule has 3 aromatic rings. The van der Waals surface area contributed by atoms with Crippen molar-refractivity contribution in [1.82, 2.24) is 4.98 Å². The van der Waals surface area contributed by atoms with Gasteiger partial charge in [-0.1, -0.05) is 48.5 Å². The van der Waals surface area contributed by atoms with Gasteiger partial charge in [0.15, 0.2) is 6.61 Å². The molecular weight excluding hydrogens is 296 g/mol. The first-order valence-electron chi connectivity index (χ1n) is 6.94. The van der Waals surface area contributed by atoms with Crippen molar-refractivity contribution in [2.75, 3.05) is 0 Å². The molecule has 4 heteroatoms. The molecule has 22 heavy (non-hydrogen) atoms. The van der Waals surface area contributed by atoms with Gasteiger partial charge in [0.05, 0.1) is 0 Å². The topological polar surface area (TPSA) is 36.1 Å². The lowest BCUT2D eigenvalue weighted by atomic mass is 10.1. The number of hydrogen-bond donors (Lipinski definition) is 1. The highest BCUT2D eigenvalue weighted by molar-refractivity contribution is 5.91. The monoisotopic (exact) mass is 312 g/mol. The van der Waals surface area contributed by atoms with E-state index in [0.29, 0.717) is 6.61 Å². The van der Waals surface area contributed by atoms with Crippen LogP contribution in [-0.2, 0) is 11.4 Å². The fourth-order valence-electron chi connectivity index (χ4n) is 2.28. The van der Waals surface area contributed by atoms with Gasteiger partial charge < -0.3 is 12.4 Å². The molecule has 0 aliphatic rings. The number of halogens is 1. The van der Waals surface area contributed by atoms with Crippen LogP contribution in [0.3, 0.4) is 0 Å². The zero-order valence-corrected chi connectivity index (χ0v) is 13.0. The first-order valence-corrected chi connectivity index (χ1v) is 6.94. The van der Waals surface area contributed by atoms with E-state index in [1.807, 2.05) is 37.3 Å². The number of nitrogens with one attached hydrogen (secondary N) is 1. The quantitative estimate of drug-likeness (QED) is 0.509. The summed E-state index contributed by atoms with van der Waals surface area (Å²) in [6.07, 6.45) is 1.77. The predicted molar refractivity (Wildman–Crippen MR) is 83.7 cm³/mol. The highest BCUT2D eigenvalue weighted by Crippen LogP contribution is 2.18. The average molecular weight is 313 g/mol. The second-order valence-electron chi connectivity index (χ2n) is 4.87. The van der Waals surface area contributed by atoms with Crippen molar-refractivity contribution in [1.29, 1.82) is 0 Å². The van der Waals surface area contributed by atoms with Crippen molar-refractivity contribution in [3.05, 3.63) is 78.1 Å². The molecule has 2 aromatic carbocycles. The molecule has 0 saturated carbocycles. The number of hydrogen-bond acceptors (Lipinski definition) is 2. The Labute approximate surface area is 136 Å². The Morgan fingerprint density at radius 2 is 1.77 bits per heavy atom. The van der Waals surface area contributed by atoms with E-state index in [2.05, 4.69) is 40.5 Å². The van der Waals surface area contributed by atoms with Gasteiger partial charge in [0.2, 0.25) is 5.71 Å². The van der Waals surface area contributed by atoms with E-state index >= 15 is 0 Å². The molecule has 0 aliphatic heterocycles. The fraction of sp³-hybridized carbons (Fsp3) is 0.111. The van der Waals surface area contributed by atoms with Crippen LogP contribution in [0.1, 0.15) is 18.2 Å². The van der Waals surface area contributed by atoms with Crippen molar-refractivity contribution in [2.45, 2.75) is 13.5 Å². The summed E-state index contributed by atoms with van der Waals surface area (Å²) < 4.78 is 0. The molecule has 0 atom stereocenters. The number of nitrogens with zero attached hydrogens (tertiary/aromatic N) is 1. The molecular formula is C18H17ClN2O. The summed E-state index contributed by atoms with van der Waals surface area (Å²) in [4.78, 5) is 9.89. The van der Waals surface area contributed by atoms with E-state index in [-0.39, 0.29) is 12.4 Å². The molecule has 0 bridgehead atoms. The minimum Gasteiger partial charge on any atom is -1.00 e. The van der Waals surface area contributed by atoms with Gasteiger partial charge in [-0.05, 0) is 28.1 Å². The number of rotatable bonds is 4. The van der Waals surface area contributed by atoms with Gasteiger partial charge in [-0.25, -0.2) is 0 Å². The van der Waals surface area contributed by atoms with Crippen LogP contribution in [0, 0.1) is 0 Å². The lowest BCUT2D eigenvalue weighted by Gasteiger charge is -2.03. The lowest BCUT2D eigenvalue weighted by molar-refractivity contribution is -0.758. The van der Waals surface area contributed by atoms with Crippen LogP contribution in [0.4, 0.5) is 0 Å². The summed E-state index contributed by atoms with van der Waals surface area (Å²) in [5.74, 6) is 0. The van der Waals surface area contributed by atoms with Crippen LogP contribution in [-0.4, -0.2) is 10.7 Å². The van der Waals surface area contributed by atoms with Gasteiger partial charge in [0, 0.05) is 18.7 Å². The third-order valence-electron chi connectivity index (χ3n) is 3.38. The molecule has 0 radical (unpaired) electrons. The van der Waals surface area contributed by atoms with Gasteiger partial charge in [-0.3, -0.25) is 9.82 Å². The average Bonchev–Trinajstić information content (AvgIpc) is 2.56. The third kappa shape index (κ3) is 3.62. The van der Waals surface area contributed by atoms with Gasteiger partial charge in [0.25, 0.3) is 0 Å². The first-order chi connectivity index (χ1) is 10.3. The molecule has 0 spiro atoms. The summed E-state index contributed by atoms with van der Waals surface area (Å²) in [5.41, 5.74) is 2.95. The summed E-state index contributed by atoms with van der Waals surface area (Å²) in [7, 11) is 0. The lowest BCUT2D eigenvalue weighted by Crippen LogP contribution is -3.00. The molecule has 3 nitrogen and oxygen atoms in total. The molecule has 3 rings (SSSR count). The van der Waals surface area contributed by atoms with Crippen LogP contribution in [0.15, 0.2) is 66.9 Å². The molecule has 0 fully saturated rings. The highest BCUT2D eigenvalue weighted by Gasteiger charge is 2.06. The van der Waals surface area contributed by atoms with Crippen LogP contribution < -0.4 is 17.6 Å². The normalized spacial score (nSPS) is 11.0. The van der Waals surface area contributed by atoms with E-state index in [1.165, 1.54) is 10.8 Å². The number of benzene rings is 2. The maximum atomic E-state index is 5.62. The summed E-state index contributed by atoms with van der Waals surface area (Å²) in [5, 5.41) is 5.41. The minimum atomic E-state index is 0. The van der Waals surface area contributed by atoms with Crippen molar-refractivity contribution in [3.8, 4) is 0 Å². The second kappa shape index (κ2) is 7.57. The van der Waals surface area contributed by atoms with Crippen molar-refractivity contribution >= 4 is 16.5 Å². The van der Waals surface area contributed by atoms with E-state index in [4.69, 9.17) is 4.84 Å². The second-order valence-corrected chi connectivity index (χ2v) is 4.87. The SMILES string of the molecule is CC(=[NH+]OCc1cccc2ccccc12)c1ccccn1.[Cl-]. The zero-order valence-electron chi connectivity index (χ0n) is 12.3. The van der Waals surface area contributed by atoms with Crippen LogP contribution >= 0.6 is 0 Å². The van der Waals surface area contributed by atoms with Crippen molar-refractivity contribution in [2.24, 2.45) is 0 Å². The van der Waals surface area contributed by atoms with E-state index in [1.54, 1.807) is 6.20 Å². The van der Waals surface area contributed by atoms with Gasteiger partial charge >= 0.3 is 0 Å². The molecule has 0 amide bonds. The van der Waals surface area contributed by atoms with Crippen molar-refractivity contribution < 1.29 is 22.4 Å². The Morgan fingerprint density at radius 1 is 1.00 bits per heavy atom. The van der Waals surface area contributed by atoms with Crippen LogP contribution in [0.5, 0.6) is 0 Å². The smallest absolute Gasteiger partial charge is 0.247 e.